The first kappa shape index (κ1) is 17.6. The Morgan fingerprint density at radius 1 is 1.38 bits per heavy atom. The molecule has 7 heteroatoms. The van der Waals surface area contributed by atoms with Crippen LogP contribution in [0.4, 0.5) is 0 Å². The number of hydrogen-bond acceptors (Lipinski definition) is 4. The lowest BCUT2D eigenvalue weighted by atomic mass is 10.1. The molecule has 0 spiro atoms. The number of carbonyl (C=O) groups excluding carboxylic acids is 1. The van der Waals surface area contributed by atoms with E-state index in [1.807, 2.05) is 6.92 Å². The number of sulfonamides is 1. The number of nitrogens with zero attached hydrogens (tertiary/aromatic N) is 1. The highest BCUT2D eigenvalue weighted by atomic mass is 32.2. The normalized spacial score (nSPS) is 13.3. The van der Waals surface area contributed by atoms with Crippen LogP contribution in [0.1, 0.15) is 38.3 Å². The number of amides is 1. The molecule has 0 radical (unpaired) electrons. The largest absolute Gasteiger partial charge is 0.369 e. The molecule has 1 aromatic carbocycles. The van der Waals surface area contributed by atoms with E-state index in [1.165, 1.54) is 6.07 Å². The molecular formula is C14H23N3O3S. The number of unbranched alkanes of at least 4 members (excludes halogenated alkanes) is 1. The molecular weight excluding hydrogens is 290 g/mol. The molecule has 1 rings (SSSR count). The zero-order chi connectivity index (χ0) is 16.0. The summed E-state index contributed by atoms with van der Waals surface area (Å²) in [6, 6.07) is 6.20. The smallest absolute Gasteiger partial charge is 0.243 e. The van der Waals surface area contributed by atoms with Gasteiger partial charge in [0.25, 0.3) is 0 Å². The summed E-state index contributed by atoms with van der Waals surface area (Å²) in [5.74, 6) is -0.668. The van der Waals surface area contributed by atoms with Crippen molar-refractivity contribution in [1.82, 2.24) is 4.31 Å². The molecule has 0 fully saturated rings. The summed E-state index contributed by atoms with van der Waals surface area (Å²) in [7, 11) is -3.75. The summed E-state index contributed by atoms with van der Waals surface area (Å²) in [6.07, 6.45) is 1.49. The van der Waals surface area contributed by atoms with Crippen molar-refractivity contribution < 1.29 is 13.2 Å². The molecule has 0 aliphatic rings. The van der Waals surface area contributed by atoms with Gasteiger partial charge in [-0.3, -0.25) is 4.79 Å². The third-order valence-corrected chi connectivity index (χ3v) is 4.96. The summed E-state index contributed by atoms with van der Waals surface area (Å²) in [6.45, 7) is 3.69. The molecule has 0 saturated carbocycles. The summed E-state index contributed by atoms with van der Waals surface area (Å²) < 4.78 is 26.4. The molecule has 1 unspecified atom stereocenters. The Kier molecular flexibility index (Phi) is 6.32. The lowest BCUT2D eigenvalue weighted by Gasteiger charge is -2.21. The maximum absolute atomic E-state index is 12.6. The number of nitrogens with two attached hydrogens (primary N) is 2. The number of primary amides is 1. The minimum Gasteiger partial charge on any atom is -0.369 e. The molecule has 0 saturated heterocycles. The molecule has 0 aliphatic carbocycles. The third-order valence-electron chi connectivity index (χ3n) is 3.11. The maximum Gasteiger partial charge on any atom is 0.243 e. The Bertz CT molecular complexity index is 585. The molecule has 0 aromatic heterocycles. The van der Waals surface area contributed by atoms with Crippen molar-refractivity contribution >= 4 is 15.9 Å². The van der Waals surface area contributed by atoms with E-state index in [0.717, 1.165) is 16.3 Å². The van der Waals surface area contributed by atoms with Crippen molar-refractivity contribution in [2.75, 3.05) is 13.1 Å². The zero-order valence-corrected chi connectivity index (χ0v) is 13.3. The second-order valence-electron chi connectivity index (χ2n) is 5.02. The standard InChI is InChI=1S/C14H23N3O3S/c1-3-4-8-17(10-14(16)18)21(19,20)13-7-5-6-12(9-13)11(2)15/h5-7,9,11H,3-4,8,10,15H2,1-2H3,(H2,16,18). The van der Waals surface area contributed by atoms with Crippen molar-refractivity contribution in [3.05, 3.63) is 29.8 Å². The van der Waals surface area contributed by atoms with Crippen LogP contribution in [0, 0.1) is 0 Å². The fourth-order valence-electron chi connectivity index (χ4n) is 1.90. The Morgan fingerprint density at radius 3 is 2.57 bits per heavy atom. The van der Waals surface area contributed by atoms with Gasteiger partial charge in [0.05, 0.1) is 11.4 Å². The van der Waals surface area contributed by atoms with E-state index in [0.29, 0.717) is 6.42 Å². The first-order valence-electron chi connectivity index (χ1n) is 6.93. The van der Waals surface area contributed by atoms with Gasteiger partial charge in [-0.1, -0.05) is 25.5 Å². The Hall–Kier alpha value is -1.44. The highest BCUT2D eigenvalue weighted by Crippen LogP contribution is 2.20. The Balaban J connectivity index is 3.15. The lowest BCUT2D eigenvalue weighted by Crippen LogP contribution is -2.39. The minimum absolute atomic E-state index is 0.134. The average Bonchev–Trinajstić information content (AvgIpc) is 2.43. The molecule has 6 nitrogen and oxygen atoms in total. The van der Waals surface area contributed by atoms with E-state index >= 15 is 0 Å². The number of rotatable bonds is 8. The van der Waals surface area contributed by atoms with Crippen molar-refractivity contribution in [2.45, 2.75) is 37.6 Å². The van der Waals surface area contributed by atoms with Crippen LogP contribution in [0.25, 0.3) is 0 Å². The fourth-order valence-corrected chi connectivity index (χ4v) is 3.40. The van der Waals surface area contributed by atoms with Crippen LogP contribution in [-0.4, -0.2) is 31.7 Å². The molecule has 1 aromatic rings. The topological polar surface area (TPSA) is 106 Å². The molecule has 21 heavy (non-hydrogen) atoms. The van der Waals surface area contributed by atoms with Crippen LogP contribution < -0.4 is 11.5 Å². The number of hydrogen-bond donors (Lipinski definition) is 2. The summed E-state index contributed by atoms with van der Waals surface area (Å²) >= 11 is 0. The molecule has 1 atom stereocenters. The first-order chi connectivity index (χ1) is 9.78. The van der Waals surface area contributed by atoms with Crippen LogP contribution in [-0.2, 0) is 14.8 Å². The van der Waals surface area contributed by atoms with Crippen molar-refractivity contribution in [3.8, 4) is 0 Å². The van der Waals surface area contributed by atoms with Gasteiger partial charge in [0.1, 0.15) is 0 Å². The molecule has 4 N–H and O–H groups in total. The molecule has 0 heterocycles. The molecule has 118 valence electrons. The Labute approximate surface area is 126 Å². The van der Waals surface area contributed by atoms with Crippen molar-refractivity contribution in [2.24, 2.45) is 11.5 Å². The van der Waals surface area contributed by atoms with E-state index in [4.69, 9.17) is 11.5 Å². The highest BCUT2D eigenvalue weighted by molar-refractivity contribution is 7.89. The third kappa shape index (κ3) is 4.80. The minimum atomic E-state index is -3.75. The van der Waals surface area contributed by atoms with Crippen molar-refractivity contribution in [3.63, 3.8) is 0 Å². The van der Waals surface area contributed by atoms with Crippen LogP contribution >= 0.6 is 0 Å². The van der Waals surface area contributed by atoms with Gasteiger partial charge in [0.2, 0.25) is 15.9 Å². The van der Waals surface area contributed by atoms with E-state index in [1.54, 1.807) is 25.1 Å². The van der Waals surface area contributed by atoms with E-state index in [9.17, 15) is 13.2 Å². The van der Waals surface area contributed by atoms with E-state index in [-0.39, 0.29) is 24.0 Å². The van der Waals surface area contributed by atoms with Gasteiger partial charge < -0.3 is 11.5 Å². The van der Waals surface area contributed by atoms with E-state index in [2.05, 4.69) is 0 Å². The molecule has 1 amide bonds. The van der Waals surface area contributed by atoms with Gasteiger partial charge in [-0.25, -0.2) is 8.42 Å². The highest BCUT2D eigenvalue weighted by Gasteiger charge is 2.25. The van der Waals surface area contributed by atoms with Crippen LogP contribution in [0.15, 0.2) is 29.2 Å². The predicted octanol–water partition coefficient (Wildman–Crippen LogP) is 0.982. The SMILES string of the molecule is CCCCN(CC(N)=O)S(=O)(=O)c1cccc(C(C)N)c1. The summed E-state index contributed by atoms with van der Waals surface area (Å²) in [5.41, 5.74) is 11.7. The number of benzene rings is 1. The number of carbonyl (C=O) groups is 1. The van der Waals surface area contributed by atoms with Crippen LogP contribution in [0.3, 0.4) is 0 Å². The van der Waals surface area contributed by atoms with Gasteiger partial charge in [0, 0.05) is 12.6 Å². The van der Waals surface area contributed by atoms with Gasteiger partial charge in [0.15, 0.2) is 0 Å². The first-order valence-corrected chi connectivity index (χ1v) is 8.37. The van der Waals surface area contributed by atoms with Gasteiger partial charge in [-0.2, -0.15) is 4.31 Å². The summed E-state index contributed by atoms with van der Waals surface area (Å²) in [5, 5.41) is 0. The average molecular weight is 313 g/mol. The summed E-state index contributed by atoms with van der Waals surface area (Å²) in [4.78, 5) is 11.3. The van der Waals surface area contributed by atoms with Gasteiger partial charge >= 0.3 is 0 Å². The van der Waals surface area contributed by atoms with E-state index < -0.39 is 15.9 Å². The van der Waals surface area contributed by atoms with Gasteiger partial charge in [-0.05, 0) is 31.0 Å². The molecule has 0 aliphatic heterocycles. The second-order valence-corrected chi connectivity index (χ2v) is 6.96. The zero-order valence-electron chi connectivity index (χ0n) is 12.5. The Morgan fingerprint density at radius 2 is 2.05 bits per heavy atom. The second kappa shape index (κ2) is 7.53. The quantitative estimate of drug-likeness (QED) is 0.746. The maximum atomic E-state index is 12.6. The monoisotopic (exact) mass is 313 g/mol. The lowest BCUT2D eigenvalue weighted by molar-refractivity contribution is -0.118. The van der Waals surface area contributed by atoms with Gasteiger partial charge in [-0.15, -0.1) is 0 Å². The van der Waals surface area contributed by atoms with Crippen LogP contribution in [0.5, 0.6) is 0 Å². The fraction of sp³-hybridized carbons (Fsp3) is 0.500. The van der Waals surface area contributed by atoms with Crippen molar-refractivity contribution in [1.29, 1.82) is 0 Å². The van der Waals surface area contributed by atoms with Crippen LogP contribution in [0.2, 0.25) is 0 Å². The molecule has 0 bridgehead atoms. The predicted molar refractivity (Wildman–Crippen MR) is 81.9 cm³/mol.